The van der Waals surface area contributed by atoms with E-state index in [1.165, 1.54) is 0 Å². The molecule has 12 heteroatoms. The van der Waals surface area contributed by atoms with Gasteiger partial charge in [-0.1, -0.05) is 12.1 Å². The van der Waals surface area contributed by atoms with E-state index in [9.17, 15) is 13.6 Å². The second-order valence-corrected chi connectivity index (χ2v) is 9.22. The number of halogens is 3. The van der Waals surface area contributed by atoms with Crippen LogP contribution in [0, 0.1) is 5.82 Å². The molecule has 188 valence electrons. The van der Waals surface area contributed by atoms with Crippen molar-refractivity contribution in [3.63, 3.8) is 0 Å². The smallest absolute Gasteiger partial charge is 0.269 e. The Kier molecular flexibility index (Phi) is 5.61. The molecule has 3 aromatic rings. The molecule has 2 aromatic heterocycles. The van der Waals surface area contributed by atoms with Crippen molar-refractivity contribution in [2.75, 3.05) is 34.4 Å². The zero-order valence-electron chi connectivity index (χ0n) is 19.6. The number of nitrogens with zero attached hydrogens (tertiary/aromatic N) is 4. The molecule has 0 spiro atoms. The van der Waals surface area contributed by atoms with E-state index >= 15 is 4.39 Å². The lowest BCUT2D eigenvalue weighted by molar-refractivity contribution is -0.129. The average molecular weight is 499 g/mol. The lowest BCUT2D eigenvalue weighted by Crippen LogP contribution is -2.46. The minimum atomic E-state index is -2.64. The van der Waals surface area contributed by atoms with Crippen molar-refractivity contribution in [3.8, 4) is 17.0 Å². The number of nitrogens with two attached hydrogens (primary N) is 1. The van der Waals surface area contributed by atoms with Gasteiger partial charge in [0.05, 0.1) is 0 Å². The fourth-order valence-electron chi connectivity index (χ4n) is 4.05. The highest BCUT2D eigenvalue weighted by molar-refractivity contribution is 5.99. The van der Waals surface area contributed by atoms with Crippen molar-refractivity contribution in [1.82, 2.24) is 15.0 Å². The highest BCUT2D eigenvalue weighted by atomic mass is 19.3. The van der Waals surface area contributed by atoms with E-state index in [4.69, 9.17) is 10.5 Å². The number of hydrogen-bond donors (Lipinski definition) is 3. The van der Waals surface area contributed by atoms with Crippen LogP contribution in [-0.4, -0.2) is 45.5 Å². The van der Waals surface area contributed by atoms with Crippen molar-refractivity contribution in [1.29, 1.82) is 0 Å². The molecule has 1 fully saturated rings. The van der Waals surface area contributed by atoms with Crippen LogP contribution in [0.5, 0.6) is 5.75 Å². The largest absolute Gasteiger partial charge is 0.474 e. The van der Waals surface area contributed by atoms with E-state index < -0.39 is 17.3 Å². The van der Waals surface area contributed by atoms with Gasteiger partial charge in [-0.3, -0.25) is 4.79 Å². The number of hydrogen-bond acceptors (Lipinski definition) is 8. The Bertz CT molecular complexity index is 1320. The van der Waals surface area contributed by atoms with Crippen LogP contribution in [0.25, 0.3) is 11.3 Å². The molecule has 2 aliphatic heterocycles. The standard InChI is InChI=1S/C24H24F3N7O2/c1-23(2)21(35)32-19-15(36-23)7-8-16(29-19)30-20-17(25)18(31-22(28)33-20)13-3-5-14(6-4-13)34-11-9-24(26,27)10-12-34/h3-8H,9-12H2,1-2H3,(H4,28,29,30,31,32,33,35). The molecule has 4 heterocycles. The molecule has 4 N–H and O–H groups in total. The number of nitrogens with one attached hydrogen (secondary N) is 2. The Morgan fingerprint density at radius 1 is 1.06 bits per heavy atom. The number of nitrogen functional groups attached to an aromatic ring is 1. The number of alkyl halides is 2. The maximum absolute atomic E-state index is 15.4. The Morgan fingerprint density at radius 2 is 1.75 bits per heavy atom. The topological polar surface area (TPSA) is 118 Å². The van der Waals surface area contributed by atoms with Crippen LogP contribution in [-0.2, 0) is 4.79 Å². The van der Waals surface area contributed by atoms with Gasteiger partial charge in [-0.2, -0.15) is 4.98 Å². The number of anilines is 5. The van der Waals surface area contributed by atoms with Gasteiger partial charge in [0.25, 0.3) is 11.8 Å². The third-order valence-corrected chi connectivity index (χ3v) is 6.12. The van der Waals surface area contributed by atoms with Gasteiger partial charge in [-0.15, -0.1) is 0 Å². The van der Waals surface area contributed by atoms with Gasteiger partial charge in [0.15, 0.2) is 28.8 Å². The summed E-state index contributed by atoms with van der Waals surface area (Å²) < 4.78 is 48.0. The van der Waals surface area contributed by atoms with Gasteiger partial charge >= 0.3 is 0 Å². The molecule has 0 unspecified atom stereocenters. The van der Waals surface area contributed by atoms with Crippen molar-refractivity contribution >= 4 is 35.0 Å². The van der Waals surface area contributed by atoms with Crippen LogP contribution < -0.4 is 26.0 Å². The van der Waals surface area contributed by atoms with Crippen LogP contribution in [0.3, 0.4) is 0 Å². The minimum absolute atomic E-state index is 0.0296. The molecular formula is C24H24F3N7O2. The molecule has 5 rings (SSSR count). The van der Waals surface area contributed by atoms with E-state index in [0.29, 0.717) is 11.3 Å². The summed E-state index contributed by atoms with van der Waals surface area (Å²) in [6.45, 7) is 3.75. The van der Waals surface area contributed by atoms with Gasteiger partial charge < -0.3 is 26.0 Å². The Morgan fingerprint density at radius 3 is 2.44 bits per heavy atom. The first-order valence-electron chi connectivity index (χ1n) is 11.4. The SMILES string of the molecule is CC1(C)Oc2ccc(Nc3nc(N)nc(-c4ccc(N5CCC(F)(F)CC5)cc4)c3F)nc2NC1=O. The molecule has 1 aromatic carbocycles. The Balaban J connectivity index is 1.38. The molecule has 0 atom stereocenters. The molecule has 0 bridgehead atoms. The summed E-state index contributed by atoms with van der Waals surface area (Å²) in [7, 11) is 0. The molecule has 1 amide bonds. The number of aromatic nitrogens is 3. The second kappa shape index (κ2) is 8.54. The van der Waals surface area contributed by atoms with Crippen molar-refractivity contribution < 1.29 is 22.7 Å². The van der Waals surface area contributed by atoms with E-state index in [1.54, 1.807) is 50.2 Å². The van der Waals surface area contributed by atoms with Gasteiger partial charge in [-0.05, 0) is 38.1 Å². The van der Waals surface area contributed by atoms with Gasteiger partial charge in [0.1, 0.15) is 11.5 Å². The van der Waals surface area contributed by atoms with Crippen LogP contribution in [0.15, 0.2) is 36.4 Å². The van der Waals surface area contributed by atoms with E-state index in [2.05, 4.69) is 25.6 Å². The quantitative estimate of drug-likeness (QED) is 0.485. The molecule has 2 aliphatic rings. The Labute approximate surface area is 204 Å². The van der Waals surface area contributed by atoms with Gasteiger partial charge in [-0.25, -0.2) is 23.1 Å². The number of piperidine rings is 1. The Hall–Kier alpha value is -4.09. The van der Waals surface area contributed by atoms with E-state index in [0.717, 1.165) is 5.69 Å². The number of carbonyl (C=O) groups excluding carboxylic acids is 1. The van der Waals surface area contributed by atoms with Crippen molar-refractivity contribution in [2.24, 2.45) is 0 Å². The third-order valence-electron chi connectivity index (χ3n) is 6.12. The lowest BCUT2D eigenvalue weighted by Gasteiger charge is -2.33. The summed E-state index contributed by atoms with van der Waals surface area (Å²) in [5.74, 6) is -3.33. The first-order chi connectivity index (χ1) is 17.0. The van der Waals surface area contributed by atoms with Crippen LogP contribution in [0.1, 0.15) is 26.7 Å². The predicted octanol–water partition coefficient (Wildman–Crippen LogP) is 4.35. The highest BCUT2D eigenvalue weighted by Gasteiger charge is 2.36. The first kappa shape index (κ1) is 23.6. The fraction of sp³-hybridized carbons (Fsp3) is 0.333. The van der Waals surface area contributed by atoms with Crippen LogP contribution >= 0.6 is 0 Å². The first-order valence-corrected chi connectivity index (χ1v) is 11.4. The summed E-state index contributed by atoms with van der Waals surface area (Å²) in [6, 6.07) is 9.94. The number of fused-ring (bicyclic) bond motifs is 1. The van der Waals surface area contributed by atoms with E-state index in [1.807, 2.05) is 4.90 Å². The number of pyridine rings is 1. The summed E-state index contributed by atoms with van der Waals surface area (Å²) >= 11 is 0. The highest BCUT2D eigenvalue weighted by Crippen LogP contribution is 2.35. The van der Waals surface area contributed by atoms with E-state index in [-0.39, 0.29) is 60.9 Å². The predicted molar refractivity (Wildman–Crippen MR) is 129 cm³/mol. The van der Waals surface area contributed by atoms with Crippen molar-refractivity contribution in [2.45, 2.75) is 38.2 Å². The maximum atomic E-state index is 15.4. The molecule has 0 radical (unpaired) electrons. The number of ether oxygens (including phenoxy) is 1. The number of benzene rings is 1. The monoisotopic (exact) mass is 499 g/mol. The molecule has 0 aliphatic carbocycles. The summed E-state index contributed by atoms with van der Waals surface area (Å²) in [5.41, 5.74) is 5.98. The maximum Gasteiger partial charge on any atom is 0.269 e. The second-order valence-electron chi connectivity index (χ2n) is 9.22. The zero-order chi connectivity index (χ0) is 25.7. The molecule has 0 saturated carbocycles. The normalized spacial score (nSPS) is 18.1. The van der Waals surface area contributed by atoms with Gasteiger partial charge in [0, 0.05) is 37.2 Å². The third kappa shape index (κ3) is 4.58. The summed E-state index contributed by atoms with van der Waals surface area (Å²) in [4.78, 5) is 26.3. The molecule has 1 saturated heterocycles. The zero-order valence-corrected chi connectivity index (χ0v) is 19.6. The lowest BCUT2D eigenvalue weighted by atomic mass is 10.0. The molecule has 36 heavy (non-hydrogen) atoms. The van der Waals surface area contributed by atoms with Crippen molar-refractivity contribution in [3.05, 3.63) is 42.2 Å². The number of carbonyl (C=O) groups is 1. The minimum Gasteiger partial charge on any atom is -0.474 e. The summed E-state index contributed by atoms with van der Waals surface area (Å²) in [6.07, 6.45) is -0.406. The van der Waals surface area contributed by atoms with Crippen LogP contribution in [0.2, 0.25) is 0 Å². The van der Waals surface area contributed by atoms with Gasteiger partial charge in [0.2, 0.25) is 5.95 Å². The molecule has 9 nitrogen and oxygen atoms in total. The molecular weight excluding hydrogens is 475 g/mol. The fourth-order valence-corrected chi connectivity index (χ4v) is 4.05. The van der Waals surface area contributed by atoms with Crippen LogP contribution in [0.4, 0.5) is 42.3 Å². The number of amides is 1. The summed E-state index contributed by atoms with van der Waals surface area (Å²) in [5, 5.41) is 5.44. The average Bonchev–Trinajstić information content (AvgIpc) is 2.82. The number of rotatable bonds is 4.